The highest BCUT2D eigenvalue weighted by Crippen LogP contribution is 2.13. The summed E-state index contributed by atoms with van der Waals surface area (Å²) in [4.78, 5) is 25.1. The van der Waals surface area contributed by atoms with Gasteiger partial charge in [-0.05, 0) is 23.8 Å². The van der Waals surface area contributed by atoms with E-state index in [-0.39, 0.29) is 5.91 Å². The molecule has 1 N–H and O–H groups in total. The molecule has 1 saturated heterocycles. The number of anilines is 1. The van der Waals surface area contributed by atoms with Crippen LogP contribution in [0.3, 0.4) is 0 Å². The van der Waals surface area contributed by atoms with Gasteiger partial charge in [-0.15, -0.1) is 0 Å². The maximum absolute atomic E-state index is 12.2. The number of hydrogen-bond donors (Lipinski definition) is 1. The Hall–Kier alpha value is -2.65. The van der Waals surface area contributed by atoms with Crippen molar-refractivity contribution >= 4 is 34.6 Å². The first-order chi connectivity index (χ1) is 12.8. The molecule has 1 aliphatic heterocycles. The zero-order valence-electron chi connectivity index (χ0n) is 14.2. The number of rotatable bonds is 5. The fourth-order valence-corrected chi connectivity index (χ4v) is 3.48. The molecule has 1 aromatic carbocycles. The fourth-order valence-electron chi connectivity index (χ4n) is 2.96. The fraction of sp³-hybridized carbons (Fsp3) is 0.353. The van der Waals surface area contributed by atoms with Crippen molar-refractivity contribution < 1.29 is 4.79 Å². The van der Waals surface area contributed by atoms with Gasteiger partial charge in [0.05, 0.1) is 18.3 Å². The first-order valence-corrected chi connectivity index (χ1v) is 9.23. The Labute approximate surface area is 155 Å². The van der Waals surface area contributed by atoms with Crippen LogP contribution in [0.2, 0.25) is 0 Å². The van der Waals surface area contributed by atoms with E-state index in [1.807, 2.05) is 24.3 Å². The summed E-state index contributed by atoms with van der Waals surface area (Å²) in [7, 11) is 0. The first kappa shape index (κ1) is 16.8. The van der Waals surface area contributed by atoms with E-state index in [0.29, 0.717) is 13.1 Å². The Kier molecular flexibility index (Phi) is 4.98. The van der Waals surface area contributed by atoms with Crippen molar-refractivity contribution in [3.8, 4) is 0 Å². The van der Waals surface area contributed by atoms with Crippen molar-refractivity contribution in [3.63, 3.8) is 0 Å². The summed E-state index contributed by atoms with van der Waals surface area (Å²) in [6, 6.07) is 7.69. The van der Waals surface area contributed by atoms with Crippen LogP contribution in [0.5, 0.6) is 0 Å². The molecule has 0 saturated carbocycles. The van der Waals surface area contributed by atoms with E-state index in [2.05, 4.69) is 33.8 Å². The molecular formula is C17H19N7OS. The number of nitrogens with one attached hydrogen (secondary N) is 1. The van der Waals surface area contributed by atoms with Gasteiger partial charge in [0.25, 0.3) is 0 Å². The molecule has 1 aliphatic rings. The number of hydrogen-bond acceptors (Lipinski definition) is 8. The zero-order chi connectivity index (χ0) is 17.8. The van der Waals surface area contributed by atoms with Crippen molar-refractivity contribution in [1.29, 1.82) is 0 Å². The van der Waals surface area contributed by atoms with Gasteiger partial charge in [0.2, 0.25) is 11.9 Å². The number of carbonyl (C=O) groups is 1. The number of fused-ring (bicyclic) bond motifs is 1. The van der Waals surface area contributed by atoms with Crippen LogP contribution in [0.25, 0.3) is 11.0 Å². The van der Waals surface area contributed by atoms with Crippen molar-refractivity contribution in [2.24, 2.45) is 0 Å². The molecule has 8 nitrogen and oxygen atoms in total. The molecule has 3 heterocycles. The summed E-state index contributed by atoms with van der Waals surface area (Å²) in [6.07, 6.45) is 3.50. The molecule has 9 heteroatoms. The third kappa shape index (κ3) is 3.94. The van der Waals surface area contributed by atoms with Gasteiger partial charge in [-0.1, -0.05) is 6.07 Å². The Morgan fingerprint density at radius 3 is 2.65 bits per heavy atom. The number of amides is 1. The molecule has 1 fully saturated rings. The molecule has 1 amide bonds. The van der Waals surface area contributed by atoms with E-state index in [1.54, 1.807) is 12.4 Å². The Morgan fingerprint density at radius 1 is 1.08 bits per heavy atom. The van der Waals surface area contributed by atoms with Gasteiger partial charge >= 0.3 is 0 Å². The molecule has 0 unspecified atom stereocenters. The van der Waals surface area contributed by atoms with Crippen molar-refractivity contribution in [2.45, 2.75) is 6.54 Å². The minimum Gasteiger partial charge on any atom is -0.351 e. The molecule has 2 aromatic heterocycles. The summed E-state index contributed by atoms with van der Waals surface area (Å²) >= 11 is 1.20. The van der Waals surface area contributed by atoms with E-state index < -0.39 is 0 Å². The molecule has 0 bridgehead atoms. The average Bonchev–Trinajstić information content (AvgIpc) is 3.15. The third-order valence-corrected chi connectivity index (χ3v) is 4.94. The lowest BCUT2D eigenvalue weighted by atomic mass is 10.2. The van der Waals surface area contributed by atoms with Gasteiger partial charge in [0.15, 0.2) is 0 Å². The van der Waals surface area contributed by atoms with Crippen LogP contribution in [-0.2, 0) is 11.3 Å². The predicted octanol–water partition coefficient (Wildman–Crippen LogP) is 0.920. The second-order valence-electron chi connectivity index (χ2n) is 6.18. The van der Waals surface area contributed by atoms with Gasteiger partial charge in [-0.3, -0.25) is 9.69 Å². The second-order valence-corrected chi connectivity index (χ2v) is 6.70. The SMILES string of the molecule is O=C(CN1CCN(c2ncccn2)CC1)NCc1ccc2nsnc2c1. The van der Waals surface area contributed by atoms with Crippen LogP contribution >= 0.6 is 11.7 Å². The number of aromatic nitrogens is 4. The van der Waals surface area contributed by atoms with E-state index >= 15 is 0 Å². The van der Waals surface area contributed by atoms with E-state index in [1.165, 1.54) is 11.7 Å². The number of piperazine rings is 1. The molecule has 26 heavy (non-hydrogen) atoms. The quantitative estimate of drug-likeness (QED) is 0.715. The van der Waals surface area contributed by atoms with Crippen molar-refractivity contribution in [2.75, 3.05) is 37.6 Å². The largest absolute Gasteiger partial charge is 0.351 e. The third-order valence-electron chi connectivity index (χ3n) is 4.38. The number of benzene rings is 1. The topological polar surface area (TPSA) is 87.1 Å². The van der Waals surface area contributed by atoms with Gasteiger partial charge in [-0.2, -0.15) is 8.75 Å². The molecule has 0 atom stereocenters. The second kappa shape index (κ2) is 7.71. The normalized spacial score (nSPS) is 15.3. The van der Waals surface area contributed by atoms with E-state index in [9.17, 15) is 4.79 Å². The van der Waals surface area contributed by atoms with Gasteiger partial charge in [0.1, 0.15) is 11.0 Å². The van der Waals surface area contributed by atoms with Crippen LogP contribution in [0.1, 0.15) is 5.56 Å². The summed E-state index contributed by atoms with van der Waals surface area (Å²) < 4.78 is 8.41. The van der Waals surface area contributed by atoms with Crippen LogP contribution in [0.15, 0.2) is 36.7 Å². The van der Waals surface area contributed by atoms with Crippen molar-refractivity contribution in [1.82, 2.24) is 28.9 Å². The molecule has 0 spiro atoms. The Balaban J connectivity index is 1.24. The van der Waals surface area contributed by atoms with Gasteiger partial charge < -0.3 is 10.2 Å². The lowest BCUT2D eigenvalue weighted by Crippen LogP contribution is -2.49. The summed E-state index contributed by atoms with van der Waals surface area (Å²) in [5.41, 5.74) is 2.80. The molecule has 3 aromatic rings. The highest BCUT2D eigenvalue weighted by atomic mass is 32.1. The summed E-state index contributed by atoms with van der Waals surface area (Å²) in [5.74, 6) is 0.787. The Bertz CT molecular complexity index is 877. The smallest absolute Gasteiger partial charge is 0.234 e. The summed E-state index contributed by atoms with van der Waals surface area (Å²) in [6.45, 7) is 4.20. The molecule has 0 radical (unpaired) electrons. The van der Waals surface area contributed by atoms with Crippen molar-refractivity contribution in [3.05, 3.63) is 42.2 Å². The minimum atomic E-state index is 0.0333. The van der Waals surface area contributed by atoms with E-state index in [4.69, 9.17) is 0 Å². The summed E-state index contributed by atoms with van der Waals surface area (Å²) in [5, 5.41) is 2.98. The van der Waals surface area contributed by atoms with Gasteiger partial charge in [0, 0.05) is 45.1 Å². The molecule has 4 rings (SSSR count). The lowest BCUT2D eigenvalue weighted by Gasteiger charge is -2.34. The lowest BCUT2D eigenvalue weighted by molar-refractivity contribution is -0.122. The molecule has 0 aliphatic carbocycles. The van der Waals surface area contributed by atoms with Gasteiger partial charge in [-0.25, -0.2) is 9.97 Å². The average molecular weight is 369 g/mol. The number of nitrogens with zero attached hydrogens (tertiary/aromatic N) is 6. The van der Waals surface area contributed by atoms with E-state index in [0.717, 1.165) is 48.7 Å². The first-order valence-electron chi connectivity index (χ1n) is 8.50. The predicted molar refractivity (Wildman–Crippen MR) is 99.9 cm³/mol. The van der Waals surface area contributed by atoms with Crippen LogP contribution < -0.4 is 10.2 Å². The number of carbonyl (C=O) groups excluding carboxylic acids is 1. The minimum absolute atomic E-state index is 0.0333. The zero-order valence-corrected chi connectivity index (χ0v) is 15.0. The standard InChI is InChI=1S/C17H19N7OS/c25-16(20-11-13-2-3-14-15(10-13)22-26-21-14)12-23-6-8-24(9-7-23)17-18-4-1-5-19-17/h1-5,10H,6-9,11-12H2,(H,20,25). The highest BCUT2D eigenvalue weighted by molar-refractivity contribution is 7.00. The molecular weight excluding hydrogens is 350 g/mol. The maximum Gasteiger partial charge on any atom is 0.234 e. The molecule has 134 valence electrons. The van der Waals surface area contributed by atoms with Crippen LogP contribution in [0.4, 0.5) is 5.95 Å². The Morgan fingerprint density at radius 2 is 1.85 bits per heavy atom. The monoisotopic (exact) mass is 369 g/mol. The van der Waals surface area contributed by atoms with Crippen LogP contribution in [-0.4, -0.2) is 62.2 Å². The highest BCUT2D eigenvalue weighted by Gasteiger charge is 2.20. The maximum atomic E-state index is 12.2. The van der Waals surface area contributed by atoms with Crippen LogP contribution in [0, 0.1) is 0 Å².